The van der Waals surface area contributed by atoms with Gasteiger partial charge in [-0.25, -0.2) is 0 Å². The van der Waals surface area contributed by atoms with E-state index in [1.54, 1.807) is 24.3 Å². The van der Waals surface area contributed by atoms with E-state index < -0.39 is 11.5 Å². The minimum Gasteiger partial charge on any atom is -0.506 e. The minimum absolute atomic E-state index is 0.0883. The first kappa shape index (κ1) is 14.1. The summed E-state index contributed by atoms with van der Waals surface area (Å²) in [5, 5.41) is 22.3. The van der Waals surface area contributed by atoms with Gasteiger partial charge >= 0.3 is 0 Å². The number of carbonyl (C=O) groups excluding carboxylic acids is 1. The quantitative estimate of drug-likeness (QED) is 0.894. The lowest BCUT2D eigenvalue weighted by molar-refractivity contribution is 0.0946. The van der Waals surface area contributed by atoms with Crippen LogP contribution in [-0.4, -0.2) is 21.6 Å². The topological polar surface area (TPSA) is 95.1 Å². The van der Waals surface area contributed by atoms with Gasteiger partial charge in [0.2, 0.25) is 0 Å². The number of amides is 1. The Balaban J connectivity index is 2.20. The highest BCUT2D eigenvalue weighted by atomic mass is 16.3. The van der Waals surface area contributed by atoms with E-state index in [1.165, 1.54) is 4.57 Å². The second kappa shape index (κ2) is 5.53. The molecule has 1 aromatic carbocycles. The Kier molecular flexibility index (Phi) is 3.55. The van der Waals surface area contributed by atoms with Crippen LogP contribution in [-0.2, 0) is 6.54 Å². The van der Waals surface area contributed by atoms with Gasteiger partial charge in [-0.2, -0.15) is 5.26 Å². The lowest BCUT2D eigenvalue weighted by atomic mass is 10.1. The molecule has 0 atom stereocenters. The lowest BCUT2D eigenvalue weighted by Gasteiger charge is -2.13. The van der Waals surface area contributed by atoms with Gasteiger partial charge in [-0.3, -0.25) is 9.59 Å². The smallest absolute Gasteiger partial charge is 0.267 e. The van der Waals surface area contributed by atoms with Crippen molar-refractivity contribution in [1.29, 1.82) is 5.26 Å². The fourth-order valence-electron chi connectivity index (χ4n) is 2.46. The molecule has 0 aliphatic heterocycles. The van der Waals surface area contributed by atoms with Crippen LogP contribution < -0.4 is 10.9 Å². The first-order chi connectivity index (χ1) is 10.6. The molecule has 1 aliphatic rings. The van der Waals surface area contributed by atoms with Crippen molar-refractivity contribution in [3.8, 4) is 11.8 Å². The third kappa shape index (κ3) is 2.42. The van der Waals surface area contributed by atoms with Crippen LogP contribution in [0.15, 0.2) is 29.1 Å². The molecule has 0 bridgehead atoms. The number of aryl methyl sites for hydroxylation is 1. The maximum absolute atomic E-state index is 12.6. The zero-order chi connectivity index (χ0) is 15.7. The molecule has 22 heavy (non-hydrogen) atoms. The van der Waals surface area contributed by atoms with E-state index in [9.17, 15) is 14.7 Å². The molecule has 1 fully saturated rings. The maximum Gasteiger partial charge on any atom is 0.267 e. The molecule has 0 spiro atoms. The van der Waals surface area contributed by atoms with Crippen molar-refractivity contribution in [1.82, 2.24) is 9.88 Å². The zero-order valence-corrected chi connectivity index (χ0v) is 11.9. The number of aromatic nitrogens is 1. The van der Waals surface area contributed by atoms with Crippen LogP contribution in [0.3, 0.4) is 0 Å². The minimum atomic E-state index is -0.565. The van der Waals surface area contributed by atoms with E-state index >= 15 is 0 Å². The molecule has 6 nitrogen and oxygen atoms in total. The number of nitrogens with zero attached hydrogens (tertiary/aromatic N) is 2. The van der Waals surface area contributed by atoms with Gasteiger partial charge < -0.3 is 15.0 Å². The van der Waals surface area contributed by atoms with Gasteiger partial charge in [-0.1, -0.05) is 12.1 Å². The first-order valence-corrected chi connectivity index (χ1v) is 7.15. The fourth-order valence-corrected chi connectivity index (χ4v) is 2.46. The van der Waals surface area contributed by atoms with Gasteiger partial charge in [-0.15, -0.1) is 0 Å². The number of nitriles is 1. The SMILES string of the molecule is N#CCCn1c(=O)c(C(=O)NC2CC2)c(O)c2ccccc21. The van der Waals surface area contributed by atoms with Gasteiger partial charge in [0.05, 0.1) is 18.0 Å². The molecule has 0 saturated heterocycles. The van der Waals surface area contributed by atoms with Gasteiger partial charge in [0.1, 0.15) is 11.3 Å². The van der Waals surface area contributed by atoms with E-state index in [4.69, 9.17) is 5.26 Å². The number of rotatable bonds is 4. The van der Waals surface area contributed by atoms with Crippen LogP contribution in [0.4, 0.5) is 0 Å². The van der Waals surface area contributed by atoms with Crippen LogP contribution >= 0.6 is 0 Å². The molecular formula is C16H15N3O3. The van der Waals surface area contributed by atoms with Crippen molar-refractivity contribution in [3.05, 3.63) is 40.2 Å². The van der Waals surface area contributed by atoms with E-state index in [1.807, 2.05) is 6.07 Å². The Bertz CT molecular complexity index is 844. The summed E-state index contributed by atoms with van der Waals surface area (Å²) >= 11 is 0. The molecule has 3 rings (SSSR count). The molecule has 1 heterocycles. The van der Waals surface area contributed by atoms with E-state index in [-0.39, 0.29) is 30.3 Å². The van der Waals surface area contributed by atoms with Crippen molar-refractivity contribution in [2.75, 3.05) is 0 Å². The lowest BCUT2D eigenvalue weighted by Crippen LogP contribution is -2.34. The number of fused-ring (bicyclic) bond motifs is 1. The number of aromatic hydroxyl groups is 1. The monoisotopic (exact) mass is 297 g/mol. The molecule has 2 aromatic rings. The van der Waals surface area contributed by atoms with Crippen molar-refractivity contribution >= 4 is 16.8 Å². The number of hydrogen-bond acceptors (Lipinski definition) is 4. The third-order valence-electron chi connectivity index (χ3n) is 3.73. The Morgan fingerprint density at radius 3 is 2.82 bits per heavy atom. The van der Waals surface area contributed by atoms with Gasteiger partial charge in [0.25, 0.3) is 11.5 Å². The number of benzene rings is 1. The van der Waals surface area contributed by atoms with Crippen LogP contribution in [0.5, 0.6) is 5.75 Å². The highest BCUT2D eigenvalue weighted by Crippen LogP contribution is 2.27. The molecule has 112 valence electrons. The predicted octanol–water partition coefficient (Wildman–Crippen LogP) is 1.51. The molecule has 0 unspecified atom stereocenters. The standard InChI is InChI=1S/C16H15N3O3/c17-8-3-9-19-12-5-2-1-4-11(12)14(20)13(16(19)22)15(21)18-10-6-7-10/h1-2,4-5,10,20H,3,6-7,9H2,(H,18,21). The molecule has 6 heteroatoms. The van der Waals surface area contributed by atoms with Gasteiger partial charge in [0, 0.05) is 18.0 Å². The largest absolute Gasteiger partial charge is 0.506 e. The van der Waals surface area contributed by atoms with Crippen LogP contribution in [0.25, 0.3) is 10.9 Å². The van der Waals surface area contributed by atoms with Crippen LogP contribution in [0, 0.1) is 11.3 Å². The van der Waals surface area contributed by atoms with Crippen molar-refractivity contribution in [3.63, 3.8) is 0 Å². The summed E-state index contributed by atoms with van der Waals surface area (Å²) in [7, 11) is 0. The Labute approximate surface area is 126 Å². The second-order valence-electron chi connectivity index (χ2n) is 5.35. The normalized spacial score (nSPS) is 13.8. The molecule has 0 radical (unpaired) electrons. The molecule has 1 saturated carbocycles. The van der Waals surface area contributed by atoms with Gasteiger partial charge in [-0.05, 0) is 25.0 Å². The maximum atomic E-state index is 12.6. The summed E-state index contributed by atoms with van der Waals surface area (Å²) < 4.78 is 1.38. The Hall–Kier alpha value is -2.81. The first-order valence-electron chi connectivity index (χ1n) is 7.15. The number of para-hydroxylation sites is 1. The van der Waals surface area contributed by atoms with Crippen molar-refractivity contribution in [2.24, 2.45) is 0 Å². The van der Waals surface area contributed by atoms with Gasteiger partial charge in [0.15, 0.2) is 0 Å². The molecule has 2 N–H and O–H groups in total. The highest BCUT2D eigenvalue weighted by molar-refractivity contribution is 6.02. The number of carbonyl (C=O) groups is 1. The fraction of sp³-hybridized carbons (Fsp3) is 0.312. The highest BCUT2D eigenvalue weighted by Gasteiger charge is 2.28. The van der Waals surface area contributed by atoms with E-state index in [2.05, 4.69) is 5.32 Å². The zero-order valence-electron chi connectivity index (χ0n) is 11.9. The number of nitrogens with one attached hydrogen (secondary N) is 1. The summed E-state index contributed by atoms with van der Waals surface area (Å²) in [4.78, 5) is 24.8. The van der Waals surface area contributed by atoms with Crippen LogP contribution in [0.1, 0.15) is 29.6 Å². The summed E-state index contributed by atoms with van der Waals surface area (Å²) in [6.45, 7) is 0.180. The number of hydrogen-bond donors (Lipinski definition) is 2. The Morgan fingerprint density at radius 2 is 2.14 bits per heavy atom. The molecule has 1 aliphatic carbocycles. The average molecular weight is 297 g/mol. The Morgan fingerprint density at radius 1 is 1.41 bits per heavy atom. The van der Waals surface area contributed by atoms with Crippen LogP contribution in [0.2, 0.25) is 0 Å². The molecule has 1 aromatic heterocycles. The van der Waals surface area contributed by atoms with Crippen molar-refractivity contribution < 1.29 is 9.90 Å². The average Bonchev–Trinajstić information content (AvgIpc) is 3.31. The third-order valence-corrected chi connectivity index (χ3v) is 3.73. The predicted molar refractivity (Wildman–Crippen MR) is 80.6 cm³/mol. The molecular weight excluding hydrogens is 282 g/mol. The van der Waals surface area contributed by atoms with E-state index in [0.717, 1.165) is 12.8 Å². The summed E-state index contributed by atoms with van der Waals surface area (Å²) in [6, 6.07) is 8.89. The second-order valence-corrected chi connectivity index (χ2v) is 5.35. The number of pyridine rings is 1. The summed E-state index contributed by atoms with van der Waals surface area (Å²) in [5.74, 6) is -0.853. The van der Waals surface area contributed by atoms with Crippen molar-refractivity contribution in [2.45, 2.75) is 31.8 Å². The summed E-state index contributed by atoms with van der Waals surface area (Å²) in [5.41, 5.74) is -0.295. The van der Waals surface area contributed by atoms with E-state index in [0.29, 0.717) is 10.9 Å². The molecule has 1 amide bonds. The summed E-state index contributed by atoms with van der Waals surface area (Å²) in [6.07, 6.45) is 1.93.